The number of hydrogen-bond donors (Lipinski definition) is 1. The summed E-state index contributed by atoms with van der Waals surface area (Å²) in [5, 5.41) is 3.37. The molecule has 2 aliphatic rings. The number of hydrogen-bond acceptors (Lipinski definition) is 2. The van der Waals surface area contributed by atoms with Crippen molar-refractivity contribution in [1.82, 2.24) is 10.2 Å². The van der Waals surface area contributed by atoms with E-state index in [2.05, 4.69) is 17.1 Å². The highest BCUT2D eigenvalue weighted by Gasteiger charge is 2.22. The number of rotatable bonds is 4. The Bertz CT molecular complexity index is 177. The second-order valence-corrected chi connectivity index (χ2v) is 5.26. The molecule has 2 rings (SSSR count). The van der Waals surface area contributed by atoms with E-state index in [0.717, 1.165) is 12.0 Å². The van der Waals surface area contributed by atoms with Crippen molar-refractivity contribution in [3.05, 3.63) is 0 Å². The first-order chi connectivity index (χ1) is 7.40. The van der Waals surface area contributed by atoms with E-state index in [1.807, 2.05) is 0 Å². The third-order valence-corrected chi connectivity index (χ3v) is 4.16. The maximum Gasteiger partial charge on any atom is 0.00926 e. The second-order valence-electron chi connectivity index (χ2n) is 5.26. The van der Waals surface area contributed by atoms with Crippen LogP contribution < -0.4 is 5.32 Å². The SMILES string of the molecule is CCC1CCCCCN1CCC1CNC1. The first kappa shape index (κ1) is 11.4. The van der Waals surface area contributed by atoms with Gasteiger partial charge in [-0.3, -0.25) is 0 Å². The maximum absolute atomic E-state index is 3.37. The van der Waals surface area contributed by atoms with Crippen LogP contribution in [-0.2, 0) is 0 Å². The van der Waals surface area contributed by atoms with E-state index in [0.29, 0.717) is 0 Å². The lowest BCUT2D eigenvalue weighted by Gasteiger charge is -2.33. The zero-order valence-electron chi connectivity index (χ0n) is 10.2. The Kier molecular flexibility index (Phi) is 4.45. The van der Waals surface area contributed by atoms with E-state index in [1.165, 1.54) is 64.7 Å². The summed E-state index contributed by atoms with van der Waals surface area (Å²) < 4.78 is 0. The summed E-state index contributed by atoms with van der Waals surface area (Å²) in [7, 11) is 0. The molecule has 2 nitrogen and oxygen atoms in total. The Morgan fingerprint density at radius 1 is 1.20 bits per heavy atom. The van der Waals surface area contributed by atoms with E-state index < -0.39 is 0 Å². The minimum Gasteiger partial charge on any atom is -0.316 e. The fourth-order valence-electron chi connectivity index (χ4n) is 2.89. The van der Waals surface area contributed by atoms with Crippen LogP contribution in [0.2, 0.25) is 0 Å². The van der Waals surface area contributed by atoms with Gasteiger partial charge in [-0.05, 0) is 57.8 Å². The highest BCUT2D eigenvalue weighted by molar-refractivity contribution is 4.79. The molecule has 0 bridgehead atoms. The average Bonchev–Trinajstić information content (AvgIpc) is 2.40. The van der Waals surface area contributed by atoms with Crippen LogP contribution in [0.25, 0.3) is 0 Å². The molecule has 0 aromatic heterocycles. The lowest BCUT2D eigenvalue weighted by molar-refractivity contribution is 0.170. The van der Waals surface area contributed by atoms with Gasteiger partial charge in [0, 0.05) is 6.04 Å². The molecule has 2 fully saturated rings. The molecule has 2 aliphatic heterocycles. The average molecular weight is 210 g/mol. The first-order valence-corrected chi connectivity index (χ1v) is 6.85. The molecule has 88 valence electrons. The number of nitrogens with one attached hydrogen (secondary N) is 1. The third kappa shape index (κ3) is 3.18. The van der Waals surface area contributed by atoms with Crippen molar-refractivity contribution in [3.63, 3.8) is 0 Å². The fraction of sp³-hybridized carbons (Fsp3) is 1.00. The molecule has 2 saturated heterocycles. The van der Waals surface area contributed by atoms with Gasteiger partial charge in [0.05, 0.1) is 0 Å². The Hall–Kier alpha value is -0.0800. The molecule has 2 heterocycles. The Morgan fingerprint density at radius 2 is 2.07 bits per heavy atom. The van der Waals surface area contributed by atoms with Gasteiger partial charge in [-0.15, -0.1) is 0 Å². The van der Waals surface area contributed by atoms with Crippen LogP contribution in [0.15, 0.2) is 0 Å². The highest BCUT2D eigenvalue weighted by atomic mass is 15.2. The molecule has 15 heavy (non-hydrogen) atoms. The van der Waals surface area contributed by atoms with Gasteiger partial charge in [-0.2, -0.15) is 0 Å². The fourth-order valence-corrected chi connectivity index (χ4v) is 2.89. The zero-order valence-corrected chi connectivity index (χ0v) is 10.2. The highest BCUT2D eigenvalue weighted by Crippen LogP contribution is 2.20. The van der Waals surface area contributed by atoms with Crippen LogP contribution in [-0.4, -0.2) is 37.1 Å². The molecule has 1 atom stereocenters. The summed E-state index contributed by atoms with van der Waals surface area (Å²) >= 11 is 0. The van der Waals surface area contributed by atoms with Crippen molar-refractivity contribution >= 4 is 0 Å². The lowest BCUT2D eigenvalue weighted by atomic mass is 9.98. The molecular weight excluding hydrogens is 184 g/mol. The van der Waals surface area contributed by atoms with E-state index >= 15 is 0 Å². The molecule has 0 spiro atoms. The normalized spacial score (nSPS) is 29.8. The zero-order chi connectivity index (χ0) is 10.5. The minimum atomic E-state index is 0.889. The monoisotopic (exact) mass is 210 g/mol. The van der Waals surface area contributed by atoms with E-state index in [9.17, 15) is 0 Å². The van der Waals surface area contributed by atoms with Crippen molar-refractivity contribution < 1.29 is 0 Å². The minimum absolute atomic E-state index is 0.889. The predicted octanol–water partition coefficient (Wildman–Crippen LogP) is 2.25. The van der Waals surface area contributed by atoms with Gasteiger partial charge >= 0.3 is 0 Å². The van der Waals surface area contributed by atoms with E-state index in [-0.39, 0.29) is 0 Å². The summed E-state index contributed by atoms with van der Waals surface area (Å²) in [6.45, 7) is 7.60. The molecule has 0 radical (unpaired) electrons. The molecule has 0 aliphatic carbocycles. The van der Waals surface area contributed by atoms with Crippen LogP contribution in [0.1, 0.15) is 45.4 Å². The van der Waals surface area contributed by atoms with Crippen molar-refractivity contribution in [1.29, 1.82) is 0 Å². The maximum atomic E-state index is 3.37. The van der Waals surface area contributed by atoms with E-state index in [1.54, 1.807) is 0 Å². The molecule has 0 saturated carbocycles. The van der Waals surface area contributed by atoms with Crippen molar-refractivity contribution in [2.24, 2.45) is 5.92 Å². The van der Waals surface area contributed by atoms with Gasteiger partial charge in [-0.1, -0.05) is 19.8 Å². The number of nitrogens with zero attached hydrogens (tertiary/aromatic N) is 1. The topological polar surface area (TPSA) is 15.3 Å². The molecule has 2 heteroatoms. The van der Waals surface area contributed by atoms with Gasteiger partial charge in [-0.25, -0.2) is 0 Å². The second kappa shape index (κ2) is 5.86. The van der Waals surface area contributed by atoms with Crippen molar-refractivity contribution in [2.75, 3.05) is 26.2 Å². The van der Waals surface area contributed by atoms with Crippen LogP contribution in [0.4, 0.5) is 0 Å². The van der Waals surface area contributed by atoms with Gasteiger partial charge in [0.25, 0.3) is 0 Å². The van der Waals surface area contributed by atoms with Gasteiger partial charge in [0.15, 0.2) is 0 Å². The van der Waals surface area contributed by atoms with Crippen LogP contribution in [0.3, 0.4) is 0 Å². The van der Waals surface area contributed by atoms with Gasteiger partial charge in [0.2, 0.25) is 0 Å². The Morgan fingerprint density at radius 3 is 2.73 bits per heavy atom. The summed E-state index contributed by atoms with van der Waals surface area (Å²) in [5.41, 5.74) is 0. The summed E-state index contributed by atoms with van der Waals surface area (Å²) in [5.74, 6) is 0.978. The summed E-state index contributed by atoms with van der Waals surface area (Å²) in [4.78, 5) is 2.77. The van der Waals surface area contributed by atoms with Gasteiger partial charge < -0.3 is 10.2 Å². The van der Waals surface area contributed by atoms with Crippen LogP contribution in [0, 0.1) is 5.92 Å². The molecule has 0 aromatic rings. The predicted molar refractivity (Wildman–Crippen MR) is 65.1 cm³/mol. The Labute approximate surface area is 94.4 Å². The molecule has 1 unspecified atom stereocenters. The Balaban J connectivity index is 1.74. The molecule has 0 amide bonds. The lowest BCUT2D eigenvalue weighted by Crippen LogP contribution is -2.44. The van der Waals surface area contributed by atoms with Crippen molar-refractivity contribution in [2.45, 2.75) is 51.5 Å². The van der Waals surface area contributed by atoms with Crippen LogP contribution in [0.5, 0.6) is 0 Å². The summed E-state index contributed by atoms with van der Waals surface area (Å²) in [6.07, 6.45) is 8.56. The van der Waals surface area contributed by atoms with Crippen LogP contribution >= 0.6 is 0 Å². The first-order valence-electron chi connectivity index (χ1n) is 6.85. The molecular formula is C13H26N2. The molecule has 0 aromatic carbocycles. The smallest absolute Gasteiger partial charge is 0.00926 e. The third-order valence-electron chi connectivity index (χ3n) is 4.16. The van der Waals surface area contributed by atoms with Crippen molar-refractivity contribution in [3.8, 4) is 0 Å². The quantitative estimate of drug-likeness (QED) is 0.765. The largest absolute Gasteiger partial charge is 0.316 e. The standard InChI is InChI=1S/C13H26N2/c1-2-13-6-4-3-5-8-15(13)9-7-12-10-14-11-12/h12-14H,2-11H2,1H3. The summed E-state index contributed by atoms with van der Waals surface area (Å²) in [6, 6.07) is 0.889. The molecule has 1 N–H and O–H groups in total. The van der Waals surface area contributed by atoms with E-state index in [4.69, 9.17) is 0 Å². The van der Waals surface area contributed by atoms with Gasteiger partial charge in [0.1, 0.15) is 0 Å². The number of likely N-dealkylation sites (tertiary alicyclic amines) is 1.